The van der Waals surface area contributed by atoms with Gasteiger partial charge in [-0.15, -0.1) is 0 Å². The van der Waals surface area contributed by atoms with E-state index in [9.17, 15) is 4.79 Å². The quantitative estimate of drug-likeness (QED) is 0.576. The fraction of sp³-hybridized carbons (Fsp3) is 0.211. The Morgan fingerprint density at radius 2 is 1.88 bits per heavy atom. The van der Waals surface area contributed by atoms with E-state index in [1.165, 1.54) is 21.6 Å². The lowest BCUT2D eigenvalue weighted by molar-refractivity contribution is -0.120. The molecule has 0 aliphatic carbocycles. The lowest BCUT2D eigenvalue weighted by atomic mass is 10.0. The Morgan fingerprint density at radius 3 is 2.73 bits per heavy atom. The van der Waals surface area contributed by atoms with E-state index in [2.05, 4.69) is 45.3 Å². The molecule has 1 N–H and O–H groups in total. The molecule has 4 aromatic rings. The highest BCUT2D eigenvalue weighted by atomic mass is 32.1. The fourth-order valence-corrected chi connectivity index (χ4v) is 5.04. The van der Waals surface area contributed by atoms with Crippen LogP contribution in [0.3, 0.4) is 0 Å². The summed E-state index contributed by atoms with van der Waals surface area (Å²) in [5.41, 5.74) is 3.19. The van der Waals surface area contributed by atoms with Crippen LogP contribution in [0.2, 0.25) is 0 Å². The van der Waals surface area contributed by atoms with Crippen molar-refractivity contribution in [3.8, 4) is 0 Å². The second kappa shape index (κ2) is 6.03. The predicted molar refractivity (Wildman–Crippen MR) is 108 cm³/mol. The van der Waals surface area contributed by atoms with Crippen LogP contribution in [0, 0.1) is 12.8 Å². The van der Waals surface area contributed by atoms with Gasteiger partial charge >= 0.3 is 0 Å². The summed E-state index contributed by atoms with van der Waals surface area (Å²) in [6.07, 6.45) is 0. The van der Waals surface area contributed by atoms with Crippen molar-refractivity contribution >= 4 is 59.3 Å². The molecular weight excluding hydrogens is 364 g/mol. The molecule has 0 unspecified atom stereocenters. The van der Waals surface area contributed by atoms with Gasteiger partial charge < -0.3 is 10.2 Å². The van der Waals surface area contributed by atoms with Crippen molar-refractivity contribution < 1.29 is 4.79 Å². The van der Waals surface area contributed by atoms with Gasteiger partial charge in [0.15, 0.2) is 10.3 Å². The third-order valence-electron chi connectivity index (χ3n) is 4.58. The zero-order valence-corrected chi connectivity index (χ0v) is 15.7. The van der Waals surface area contributed by atoms with Gasteiger partial charge in [-0.2, -0.15) is 0 Å². The van der Waals surface area contributed by atoms with E-state index in [1.807, 2.05) is 24.3 Å². The van der Waals surface area contributed by atoms with E-state index in [0.717, 1.165) is 20.9 Å². The van der Waals surface area contributed by atoms with Crippen molar-refractivity contribution in [1.82, 2.24) is 9.97 Å². The molecule has 2 aromatic heterocycles. The minimum absolute atomic E-state index is 0.0178. The lowest BCUT2D eigenvalue weighted by Gasteiger charge is -2.37. The first-order valence-electron chi connectivity index (χ1n) is 8.44. The van der Waals surface area contributed by atoms with Crippen LogP contribution in [0.4, 0.5) is 10.3 Å². The van der Waals surface area contributed by atoms with Gasteiger partial charge in [0, 0.05) is 13.1 Å². The van der Waals surface area contributed by atoms with Crippen LogP contribution in [-0.2, 0) is 4.79 Å². The van der Waals surface area contributed by atoms with Crippen LogP contribution in [0.5, 0.6) is 0 Å². The van der Waals surface area contributed by atoms with Crippen molar-refractivity contribution in [1.29, 1.82) is 0 Å². The van der Waals surface area contributed by atoms with Crippen LogP contribution in [-0.4, -0.2) is 29.0 Å². The van der Waals surface area contributed by atoms with Gasteiger partial charge in [0.1, 0.15) is 0 Å². The molecule has 1 aliphatic rings. The number of para-hydroxylation sites is 1. The average Bonchev–Trinajstić information content (AvgIpc) is 3.15. The van der Waals surface area contributed by atoms with Crippen molar-refractivity contribution in [2.24, 2.45) is 5.92 Å². The van der Waals surface area contributed by atoms with Crippen molar-refractivity contribution in [2.75, 3.05) is 23.3 Å². The molecule has 0 saturated carbocycles. The average molecular weight is 380 g/mol. The molecule has 7 heteroatoms. The molecule has 1 amide bonds. The maximum absolute atomic E-state index is 12.5. The molecule has 2 aromatic carbocycles. The second-order valence-corrected chi connectivity index (χ2v) is 8.59. The first-order valence-corrected chi connectivity index (χ1v) is 10.1. The SMILES string of the molecule is Cc1ccc2nc(N3CC(C(=O)Nc4nc5ccccc5s4)C3)sc2c1. The monoisotopic (exact) mass is 380 g/mol. The number of fused-ring (bicyclic) bond motifs is 2. The Morgan fingerprint density at radius 1 is 1.08 bits per heavy atom. The van der Waals surface area contributed by atoms with Gasteiger partial charge in [-0.3, -0.25) is 4.79 Å². The Kier molecular flexibility index (Phi) is 3.65. The second-order valence-electron chi connectivity index (χ2n) is 6.55. The summed E-state index contributed by atoms with van der Waals surface area (Å²) >= 11 is 3.20. The minimum atomic E-state index is -0.0178. The fourth-order valence-electron chi connectivity index (χ4n) is 3.09. The van der Waals surface area contributed by atoms with E-state index in [1.54, 1.807) is 11.3 Å². The Bertz CT molecular complexity index is 1090. The van der Waals surface area contributed by atoms with Gasteiger partial charge in [0.05, 0.1) is 26.4 Å². The largest absolute Gasteiger partial charge is 0.346 e. The third-order valence-corrected chi connectivity index (χ3v) is 6.61. The van der Waals surface area contributed by atoms with Gasteiger partial charge in [-0.25, -0.2) is 9.97 Å². The van der Waals surface area contributed by atoms with Gasteiger partial charge in [-0.1, -0.05) is 40.9 Å². The normalized spacial score (nSPS) is 14.7. The Balaban J connectivity index is 1.26. The standard InChI is InChI=1S/C19H16N4OS2/c1-11-6-7-14-16(8-11)26-19(21-14)23-9-12(10-23)17(24)22-18-20-13-4-2-3-5-15(13)25-18/h2-8,12H,9-10H2,1H3,(H,20,22,24). The number of rotatable bonds is 3. The highest BCUT2D eigenvalue weighted by Gasteiger charge is 2.34. The van der Waals surface area contributed by atoms with E-state index < -0.39 is 0 Å². The first-order chi connectivity index (χ1) is 12.7. The van der Waals surface area contributed by atoms with E-state index >= 15 is 0 Å². The van der Waals surface area contributed by atoms with Crippen molar-refractivity contribution in [2.45, 2.75) is 6.92 Å². The van der Waals surface area contributed by atoms with Crippen molar-refractivity contribution in [3.63, 3.8) is 0 Å². The zero-order valence-electron chi connectivity index (χ0n) is 14.1. The molecule has 1 fully saturated rings. The summed E-state index contributed by atoms with van der Waals surface area (Å²) in [5, 5.41) is 4.63. The van der Waals surface area contributed by atoms with Crippen LogP contribution in [0.1, 0.15) is 5.56 Å². The Hall–Kier alpha value is -2.51. The third kappa shape index (κ3) is 2.73. The molecule has 0 bridgehead atoms. The van der Waals surface area contributed by atoms with Gasteiger partial charge in [0.25, 0.3) is 0 Å². The highest BCUT2D eigenvalue weighted by Crippen LogP contribution is 2.34. The van der Waals surface area contributed by atoms with Crippen LogP contribution >= 0.6 is 22.7 Å². The summed E-state index contributed by atoms with van der Waals surface area (Å²) in [7, 11) is 0. The van der Waals surface area contributed by atoms with E-state index in [4.69, 9.17) is 0 Å². The number of aromatic nitrogens is 2. The summed E-state index contributed by atoms with van der Waals surface area (Å²) in [6, 6.07) is 14.2. The number of thiazole rings is 2. The molecular formula is C19H16N4OS2. The number of benzene rings is 2. The van der Waals surface area contributed by atoms with Crippen molar-refractivity contribution in [3.05, 3.63) is 48.0 Å². The van der Waals surface area contributed by atoms with Crippen LogP contribution < -0.4 is 10.2 Å². The predicted octanol–water partition coefficient (Wildman–Crippen LogP) is 4.29. The maximum atomic E-state index is 12.5. The molecule has 5 nitrogen and oxygen atoms in total. The Labute approximate surface area is 158 Å². The lowest BCUT2D eigenvalue weighted by Crippen LogP contribution is -2.52. The number of amides is 1. The molecule has 26 heavy (non-hydrogen) atoms. The molecule has 1 saturated heterocycles. The number of carbonyl (C=O) groups excluding carboxylic acids is 1. The van der Waals surface area contributed by atoms with E-state index in [-0.39, 0.29) is 11.8 Å². The number of nitrogens with one attached hydrogen (secondary N) is 1. The minimum Gasteiger partial charge on any atom is -0.346 e. The summed E-state index contributed by atoms with van der Waals surface area (Å²) < 4.78 is 2.28. The number of carbonyl (C=O) groups is 1. The molecule has 0 radical (unpaired) electrons. The number of anilines is 2. The molecule has 5 rings (SSSR count). The van der Waals surface area contributed by atoms with E-state index in [0.29, 0.717) is 18.2 Å². The molecule has 130 valence electrons. The first kappa shape index (κ1) is 15.7. The van der Waals surface area contributed by atoms with Gasteiger partial charge in [-0.05, 0) is 36.8 Å². The number of hydrogen-bond acceptors (Lipinski definition) is 6. The highest BCUT2D eigenvalue weighted by molar-refractivity contribution is 7.22. The molecule has 1 aliphatic heterocycles. The maximum Gasteiger partial charge on any atom is 0.232 e. The summed E-state index contributed by atoms with van der Waals surface area (Å²) in [5.74, 6) is 0.0213. The smallest absolute Gasteiger partial charge is 0.232 e. The summed E-state index contributed by atoms with van der Waals surface area (Å²) in [6.45, 7) is 3.50. The summed E-state index contributed by atoms with van der Waals surface area (Å²) in [4.78, 5) is 23.8. The number of aryl methyl sites for hydroxylation is 1. The van der Waals surface area contributed by atoms with Gasteiger partial charge in [0.2, 0.25) is 5.91 Å². The van der Waals surface area contributed by atoms with Crippen LogP contribution in [0.25, 0.3) is 20.4 Å². The molecule has 3 heterocycles. The van der Waals surface area contributed by atoms with Crippen LogP contribution in [0.15, 0.2) is 42.5 Å². The molecule has 0 atom stereocenters. The molecule has 0 spiro atoms. The topological polar surface area (TPSA) is 58.1 Å². The zero-order chi connectivity index (χ0) is 17.7. The number of hydrogen-bond donors (Lipinski definition) is 1. The number of nitrogens with zero attached hydrogens (tertiary/aromatic N) is 3.